The maximum atomic E-state index is 10.9. The maximum absolute atomic E-state index is 10.9. The van der Waals surface area contributed by atoms with Crippen molar-refractivity contribution in [2.45, 2.75) is 0 Å². The standard InChI is InChI=1S/C6H3N3O4/c7-9-8-5(10)3-1-13-2-4(3)6(11)12/h1-2H,(H,11,12). The minimum Gasteiger partial charge on any atom is -0.478 e. The van der Waals surface area contributed by atoms with Crippen LogP contribution in [0.2, 0.25) is 0 Å². The van der Waals surface area contributed by atoms with Gasteiger partial charge in [0.25, 0.3) is 5.91 Å². The number of amides is 1. The van der Waals surface area contributed by atoms with E-state index in [1.807, 2.05) is 0 Å². The molecule has 1 heterocycles. The van der Waals surface area contributed by atoms with Crippen molar-refractivity contribution in [3.05, 3.63) is 34.1 Å². The summed E-state index contributed by atoms with van der Waals surface area (Å²) in [4.78, 5) is 23.6. The second-order valence-corrected chi connectivity index (χ2v) is 2.00. The minimum absolute atomic E-state index is 0.259. The molecule has 0 aliphatic carbocycles. The number of aromatic carboxylic acids is 1. The SMILES string of the molecule is [N-]=[N+]=NC(=O)c1cocc1C(=O)O. The molecule has 0 aliphatic rings. The van der Waals surface area contributed by atoms with Gasteiger partial charge in [-0.3, -0.25) is 4.79 Å². The summed E-state index contributed by atoms with van der Waals surface area (Å²) in [6, 6.07) is 0. The molecule has 0 saturated heterocycles. The van der Waals surface area contributed by atoms with Crippen molar-refractivity contribution < 1.29 is 19.1 Å². The summed E-state index contributed by atoms with van der Waals surface area (Å²) >= 11 is 0. The molecule has 13 heavy (non-hydrogen) atoms. The lowest BCUT2D eigenvalue weighted by Crippen LogP contribution is -2.02. The average molecular weight is 181 g/mol. The summed E-state index contributed by atoms with van der Waals surface area (Å²) in [5.41, 5.74) is 7.34. The molecule has 66 valence electrons. The predicted octanol–water partition coefficient (Wildman–Crippen LogP) is 1.43. The fraction of sp³-hybridized carbons (Fsp3) is 0. The Bertz CT molecular complexity index is 402. The van der Waals surface area contributed by atoms with Gasteiger partial charge in [0.15, 0.2) is 0 Å². The molecule has 0 radical (unpaired) electrons. The lowest BCUT2D eigenvalue weighted by atomic mass is 10.2. The largest absolute Gasteiger partial charge is 0.478 e. The van der Waals surface area contributed by atoms with Crippen molar-refractivity contribution in [3.63, 3.8) is 0 Å². The van der Waals surface area contributed by atoms with E-state index in [0.29, 0.717) is 0 Å². The van der Waals surface area contributed by atoms with Gasteiger partial charge in [-0.15, -0.1) is 0 Å². The molecule has 0 atom stereocenters. The van der Waals surface area contributed by atoms with Gasteiger partial charge in [0.2, 0.25) is 0 Å². The highest BCUT2D eigenvalue weighted by Gasteiger charge is 2.17. The van der Waals surface area contributed by atoms with Crippen molar-refractivity contribution in [2.75, 3.05) is 0 Å². The lowest BCUT2D eigenvalue weighted by molar-refractivity contribution is 0.0692. The van der Waals surface area contributed by atoms with Gasteiger partial charge in [0, 0.05) is 4.91 Å². The van der Waals surface area contributed by atoms with E-state index in [2.05, 4.69) is 14.4 Å². The summed E-state index contributed by atoms with van der Waals surface area (Å²) in [5, 5.41) is 11.3. The lowest BCUT2D eigenvalue weighted by Gasteiger charge is -1.89. The van der Waals surface area contributed by atoms with Crippen LogP contribution >= 0.6 is 0 Å². The van der Waals surface area contributed by atoms with Crippen LogP contribution in [0.25, 0.3) is 10.4 Å². The fourth-order valence-corrected chi connectivity index (χ4v) is 0.723. The van der Waals surface area contributed by atoms with Crippen molar-refractivity contribution in [1.29, 1.82) is 0 Å². The van der Waals surface area contributed by atoms with Gasteiger partial charge in [-0.1, -0.05) is 0 Å². The Morgan fingerprint density at radius 2 is 2.08 bits per heavy atom. The Balaban J connectivity index is 3.14. The monoisotopic (exact) mass is 181 g/mol. The molecular weight excluding hydrogens is 178 g/mol. The number of hydrogen-bond acceptors (Lipinski definition) is 3. The quantitative estimate of drug-likeness (QED) is 0.421. The Morgan fingerprint density at radius 1 is 1.46 bits per heavy atom. The van der Waals surface area contributed by atoms with Gasteiger partial charge >= 0.3 is 5.97 Å². The van der Waals surface area contributed by atoms with Crippen LogP contribution in [0, 0.1) is 0 Å². The van der Waals surface area contributed by atoms with E-state index in [-0.39, 0.29) is 11.1 Å². The number of hydrogen-bond donors (Lipinski definition) is 1. The Kier molecular flexibility index (Phi) is 2.32. The summed E-state index contributed by atoms with van der Waals surface area (Å²) in [5.74, 6) is -2.29. The Hall–Kier alpha value is -2.27. The zero-order chi connectivity index (χ0) is 9.84. The number of carbonyl (C=O) groups is 2. The molecule has 7 nitrogen and oxygen atoms in total. The van der Waals surface area contributed by atoms with Gasteiger partial charge in [-0.05, 0) is 10.6 Å². The number of azide groups is 1. The highest BCUT2D eigenvalue weighted by Crippen LogP contribution is 2.11. The first-order valence-corrected chi connectivity index (χ1v) is 3.05. The molecule has 0 aliphatic heterocycles. The van der Waals surface area contributed by atoms with Crippen LogP contribution in [0.1, 0.15) is 20.7 Å². The number of carboxylic acid groups (broad SMARTS) is 1. The second-order valence-electron chi connectivity index (χ2n) is 2.00. The van der Waals surface area contributed by atoms with Crippen LogP contribution in [0.3, 0.4) is 0 Å². The molecule has 0 bridgehead atoms. The number of rotatable bonds is 2. The van der Waals surface area contributed by atoms with Gasteiger partial charge in [-0.2, -0.15) is 0 Å². The number of carbonyl (C=O) groups excluding carboxylic acids is 1. The van der Waals surface area contributed by atoms with Crippen molar-refractivity contribution in [2.24, 2.45) is 5.11 Å². The van der Waals surface area contributed by atoms with E-state index in [1.54, 1.807) is 0 Å². The van der Waals surface area contributed by atoms with Gasteiger partial charge < -0.3 is 9.52 Å². The van der Waals surface area contributed by atoms with Crippen molar-refractivity contribution in [1.82, 2.24) is 0 Å². The third kappa shape index (κ3) is 1.66. The molecule has 0 unspecified atom stereocenters. The zero-order valence-corrected chi connectivity index (χ0v) is 6.17. The Labute approximate surface area is 71.2 Å². The molecule has 1 amide bonds. The maximum Gasteiger partial charge on any atom is 0.339 e. The molecule has 0 saturated carbocycles. The average Bonchev–Trinajstić information content (AvgIpc) is 2.52. The van der Waals surface area contributed by atoms with Crippen LogP contribution in [-0.4, -0.2) is 17.0 Å². The molecule has 1 aromatic heterocycles. The summed E-state index contributed by atoms with van der Waals surface area (Å²) in [7, 11) is 0. The number of carboxylic acids is 1. The van der Waals surface area contributed by atoms with Gasteiger partial charge in [-0.25, -0.2) is 4.79 Å². The van der Waals surface area contributed by atoms with E-state index >= 15 is 0 Å². The molecule has 0 aromatic carbocycles. The van der Waals surface area contributed by atoms with Crippen LogP contribution in [0.5, 0.6) is 0 Å². The second kappa shape index (κ2) is 3.42. The molecule has 0 fully saturated rings. The van der Waals surface area contributed by atoms with E-state index in [9.17, 15) is 9.59 Å². The van der Waals surface area contributed by atoms with Crippen molar-refractivity contribution >= 4 is 11.9 Å². The van der Waals surface area contributed by atoms with Gasteiger partial charge in [0.05, 0.1) is 5.56 Å². The zero-order valence-electron chi connectivity index (χ0n) is 6.17. The predicted molar refractivity (Wildman–Crippen MR) is 39.1 cm³/mol. The third-order valence-electron chi connectivity index (χ3n) is 1.26. The fourth-order valence-electron chi connectivity index (χ4n) is 0.723. The van der Waals surface area contributed by atoms with E-state index < -0.39 is 11.9 Å². The summed E-state index contributed by atoms with van der Waals surface area (Å²) < 4.78 is 4.49. The molecular formula is C6H3N3O4. The topological polar surface area (TPSA) is 116 Å². The summed E-state index contributed by atoms with van der Waals surface area (Å²) in [6.07, 6.45) is 1.81. The normalized spacial score (nSPS) is 8.92. The number of furan rings is 1. The van der Waals surface area contributed by atoms with E-state index in [4.69, 9.17) is 10.6 Å². The van der Waals surface area contributed by atoms with Gasteiger partial charge in [0.1, 0.15) is 18.1 Å². The molecule has 0 spiro atoms. The first-order chi connectivity index (χ1) is 6.16. The highest BCUT2D eigenvalue weighted by molar-refractivity contribution is 6.04. The van der Waals surface area contributed by atoms with Crippen molar-refractivity contribution in [3.8, 4) is 0 Å². The molecule has 1 aromatic rings. The molecule has 1 rings (SSSR count). The number of nitrogens with zero attached hydrogens (tertiary/aromatic N) is 3. The molecule has 7 heteroatoms. The van der Waals surface area contributed by atoms with Crippen LogP contribution in [0.4, 0.5) is 0 Å². The first kappa shape index (κ1) is 8.82. The molecule has 1 N–H and O–H groups in total. The van der Waals surface area contributed by atoms with Crippen LogP contribution in [-0.2, 0) is 0 Å². The van der Waals surface area contributed by atoms with Crippen LogP contribution in [0.15, 0.2) is 22.1 Å². The smallest absolute Gasteiger partial charge is 0.339 e. The highest BCUT2D eigenvalue weighted by atomic mass is 16.4. The van der Waals surface area contributed by atoms with Crippen LogP contribution < -0.4 is 0 Å². The Morgan fingerprint density at radius 3 is 2.62 bits per heavy atom. The van der Waals surface area contributed by atoms with E-state index in [1.165, 1.54) is 0 Å². The first-order valence-electron chi connectivity index (χ1n) is 3.05. The third-order valence-corrected chi connectivity index (χ3v) is 1.26. The minimum atomic E-state index is -1.31. The van der Waals surface area contributed by atoms with E-state index in [0.717, 1.165) is 12.5 Å². The summed E-state index contributed by atoms with van der Waals surface area (Å²) in [6.45, 7) is 0.